The Labute approximate surface area is 109 Å². The van der Waals surface area contributed by atoms with E-state index in [-0.39, 0.29) is 11.4 Å². The Morgan fingerprint density at radius 1 is 1.37 bits per heavy atom. The fourth-order valence-electron chi connectivity index (χ4n) is 2.24. The summed E-state index contributed by atoms with van der Waals surface area (Å²) in [6, 6.07) is 6.17. The first kappa shape index (κ1) is 11.9. The minimum Gasteiger partial charge on any atom is -0.478 e. The van der Waals surface area contributed by atoms with Gasteiger partial charge in [0.05, 0.1) is 18.4 Å². The van der Waals surface area contributed by atoms with Crippen molar-refractivity contribution in [2.75, 3.05) is 0 Å². The van der Waals surface area contributed by atoms with Gasteiger partial charge in [-0.3, -0.25) is 4.68 Å². The molecule has 0 radical (unpaired) electrons. The van der Waals surface area contributed by atoms with Crippen molar-refractivity contribution in [1.82, 2.24) is 9.78 Å². The highest BCUT2D eigenvalue weighted by molar-refractivity contribution is 5.89. The van der Waals surface area contributed by atoms with Crippen LogP contribution in [0.15, 0.2) is 30.5 Å². The lowest BCUT2D eigenvalue weighted by atomic mass is 10.1. The maximum Gasteiger partial charge on any atom is 0.339 e. The number of aromatic carboxylic acids is 1. The number of benzene rings is 1. The van der Waals surface area contributed by atoms with E-state index in [0.717, 1.165) is 24.1 Å². The maximum atomic E-state index is 12.9. The second-order valence-corrected chi connectivity index (χ2v) is 4.81. The van der Waals surface area contributed by atoms with Gasteiger partial charge in [-0.25, -0.2) is 9.18 Å². The number of hydrogen-bond donors (Lipinski definition) is 1. The van der Waals surface area contributed by atoms with Crippen molar-refractivity contribution in [2.45, 2.75) is 25.3 Å². The van der Waals surface area contributed by atoms with Crippen molar-refractivity contribution >= 4 is 5.97 Å². The van der Waals surface area contributed by atoms with E-state index >= 15 is 0 Å². The first-order valence-electron chi connectivity index (χ1n) is 6.18. The summed E-state index contributed by atoms with van der Waals surface area (Å²) in [5, 5.41) is 13.3. The largest absolute Gasteiger partial charge is 0.478 e. The quantitative estimate of drug-likeness (QED) is 0.919. The van der Waals surface area contributed by atoms with Gasteiger partial charge in [0.15, 0.2) is 0 Å². The third kappa shape index (κ3) is 2.36. The molecule has 4 nitrogen and oxygen atoms in total. The lowest BCUT2D eigenvalue weighted by molar-refractivity contribution is 0.0695. The van der Waals surface area contributed by atoms with Crippen molar-refractivity contribution in [1.29, 1.82) is 0 Å². The summed E-state index contributed by atoms with van der Waals surface area (Å²) in [4.78, 5) is 11.2. The third-order valence-electron chi connectivity index (χ3n) is 3.32. The van der Waals surface area contributed by atoms with Crippen LogP contribution in [-0.4, -0.2) is 20.9 Å². The second-order valence-electron chi connectivity index (χ2n) is 4.81. The van der Waals surface area contributed by atoms with Crippen LogP contribution in [0.2, 0.25) is 0 Å². The van der Waals surface area contributed by atoms with Gasteiger partial charge in [-0.05, 0) is 30.5 Å². The van der Waals surface area contributed by atoms with Crippen LogP contribution in [0.25, 0.3) is 0 Å². The summed E-state index contributed by atoms with van der Waals surface area (Å²) in [7, 11) is 0. The Bertz CT molecular complexity index is 615. The fourth-order valence-corrected chi connectivity index (χ4v) is 2.24. The van der Waals surface area contributed by atoms with Gasteiger partial charge in [-0.1, -0.05) is 12.1 Å². The van der Waals surface area contributed by atoms with Crippen molar-refractivity contribution in [3.63, 3.8) is 0 Å². The smallest absolute Gasteiger partial charge is 0.339 e. The van der Waals surface area contributed by atoms with E-state index in [1.165, 1.54) is 18.3 Å². The molecule has 2 aromatic rings. The SMILES string of the molecule is O=C(O)c1cnn(Cc2ccc(F)cc2)c1C1CC1. The Kier molecular flexibility index (Phi) is 2.81. The highest BCUT2D eigenvalue weighted by Crippen LogP contribution is 2.41. The Morgan fingerprint density at radius 3 is 2.63 bits per heavy atom. The maximum absolute atomic E-state index is 12.9. The molecule has 0 unspecified atom stereocenters. The van der Waals surface area contributed by atoms with Crippen LogP contribution >= 0.6 is 0 Å². The number of carboxylic acids is 1. The monoisotopic (exact) mass is 260 g/mol. The Morgan fingerprint density at radius 2 is 2.05 bits per heavy atom. The summed E-state index contributed by atoms with van der Waals surface area (Å²) in [5.74, 6) is -0.917. The average molecular weight is 260 g/mol. The van der Waals surface area contributed by atoms with Crippen molar-refractivity contribution < 1.29 is 14.3 Å². The summed E-state index contributed by atoms with van der Waals surface area (Å²) < 4.78 is 14.6. The molecule has 1 aliphatic carbocycles. The van der Waals surface area contributed by atoms with Crippen LogP contribution < -0.4 is 0 Å². The van der Waals surface area contributed by atoms with Crippen molar-refractivity contribution in [3.05, 3.63) is 53.1 Å². The zero-order chi connectivity index (χ0) is 13.4. The van der Waals surface area contributed by atoms with Crippen LogP contribution in [-0.2, 0) is 6.54 Å². The molecule has 98 valence electrons. The minimum atomic E-state index is -0.938. The molecule has 1 aliphatic rings. The number of carbonyl (C=O) groups is 1. The van der Waals surface area contributed by atoms with E-state index in [1.807, 2.05) is 0 Å². The number of rotatable bonds is 4. The zero-order valence-corrected chi connectivity index (χ0v) is 10.2. The predicted octanol–water partition coefficient (Wildman–Crippen LogP) is 2.65. The van der Waals surface area contributed by atoms with E-state index in [2.05, 4.69) is 5.10 Å². The van der Waals surface area contributed by atoms with Crippen molar-refractivity contribution in [2.24, 2.45) is 0 Å². The molecule has 1 aromatic heterocycles. The molecule has 0 atom stereocenters. The molecule has 0 amide bonds. The zero-order valence-electron chi connectivity index (χ0n) is 10.2. The van der Waals surface area contributed by atoms with Crippen LogP contribution in [0.4, 0.5) is 4.39 Å². The molecule has 19 heavy (non-hydrogen) atoms. The molecule has 0 aliphatic heterocycles. The van der Waals surface area contributed by atoms with E-state index in [9.17, 15) is 9.18 Å². The average Bonchev–Trinajstić information content (AvgIpc) is 3.13. The first-order valence-corrected chi connectivity index (χ1v) is 6.18. The van der Waals surface area contributed by atoms with Crippen molar-refractivity contribution in [3.8, 4) is 0 Å². The van der Waals surface area contributed by atoms with Gasteiger partial charge in [-0.15, -0.1) is 0 Å². The number of hydrogen-bond acceptors (Lipinski definition) is 2. The first-order chi connectivity index (χ1) is 9.15. The van der Waals surface area contributed by atoms with Crippen LogP contribution in [0.1, 0.15) is 40.4 Å². The molecular formula is C14H13FN2O2. The van der Waals surface area contributed by atoms with E-state index < -0.39 is 5.97 Å². The molecular weight excluding hydrogens is 247 g/mol. The van der Waals surface area contributed by atoms with Gasteiger partial charge >= 0.3 is 5.97 Å². The Hall–Kier alpha value is -2.17. The summed E-state index contributed by atoms with van der Waals surface area (Å²) in [6.07, 6.45) is 3.42. The number of nitrogens with zero attached hydrogens (tertiary/aromatic N) is 2. The number of aromatic nitrogens is 2. The van der Waals surface area contributed by atoms with E-state index in [1.54, 1.807) is 16.8 Å². The van der Waals surface area contributed by atoms with Gasteiger partial charge in [0.25, 0.3) is 0 Å². The van der Waals surface area contributed by atoms with Crippen LogP contribution in [0, 0.1) is 5.82 Å². The van der Waals surface area contributed by atoms with E-state index in [4.69, 9.17) is 5.11 Å². The lowest BCUT2D eigenvalue weighted by Gasteiger charge is -2.07. The van der Waals surface area contributed by atoms with Gasteiger partial charge in [0.1, 0.15) is 11.4 Å². The standard InChI is InChI=1S/C14H13FN2O2/c15-11-5-1-9(2-6-11)8-17-13(10-3-4-10)12(7-16-17)14(18)19/h1-2,5-7,10H,3-4,8H2,(H,18,19). The molecule has 5 heteroatoms. The third-order valence-corrected chi connectivity index (χ3v) is 3.32. The minimum absolute atomic E-state index is 0.280. The molecule has 1 saturated carbocycles. The van der Waals surface area contributed by atoms with Crippen LogP contribution in [0.5, 0.6) is 0 Å². The summed E-state index contributed by atoms with van der Waals surface area (Å²) >= 11 is 0. The second kappa shape index (κ2) is 4.50. The van der Waals surface area contributed by atoms with Gasteiger partial charge in [0, 0.05) is 5.92 Å². The number of halogens is 1. The van der Waals surface area contributed by atoms with Gasteiger partial charge in [0.2, 0.25) is 0 Å². The van der Waals surface area contributed by atoms with Gasteiger partial charge in [-0.2, -0.15) is 5.10 Å². The highest BCUT2D eigenvalue weighted by atomic mass is 19.1. The normalized spacial score (nSPS) is 14.6. The molecule has 1 N–H and O–H groups in total. The molecule has 1 aromatic carbocycles. The molecule has 3 rings (SSSR count). The van der Waals surface area contributed by atoms with Gasteiger partial charge < -0.3 is 5.11 Å². The Balaban J connectivity index is 1.92. The molecule has 1 heterocycles. The summed E-state index contributed by atoms with van der Waals surface area (Å²) in [5.41, 5.74) is 1.98. The molecule has 1 fully saturated rings. The highest BCUT2D eigenvalue weighted by Gasteiger charge is 2.32. The lowest BCUT2D eigenvalue weighted by Crippen LogP contribution is -2.08. The molecule has 0 bridgehead atoms. The van der Waals surface area contributed by atoms with E-state index in [0.29, 0.717) is 12.5 Å². The summed E-state index contributed by atoms with van der Waals surface area (Å²) in [6.45, 7) is 0.472. The fraction of sp³-hybridized carbons (Fsp3) is 0.286. The molecule has 0 saturated heterocycles. The predicted molar refractivity (Wildman–Crippen MR) is 66.7 cm³/mol. The van der Waals surface area contributed by atoms with Crippen LogP contribution in [0.3, 0.4) is 0 Å². The number of carboxylic acid groups (broad SMARTS) is 1. The topological polar surface area (TPSA) is 55.1 Å². The molecule has 0 spiro atoms.